The molecule has 0 aliphatic rings. The fourth-order valence-corrected chi connectivity index (χ4v) is 1.45. The molecular formula is C15H26O. The maximum Gasteiger partial charge on any atom is 0.0614 e. The summed E-state index contributed by atoms with van der Waals surface area (Å²) in [6, 6.07) is 0. The molecule has 92 valence electrons. The van der Waals surface area contributed by atoms with Gasteiger partial charge in [-0.05, 0) is 53.4 Å². The summed E-state index contributed by atoms with van der Waals surface area (Å²) in [6.45, 7) is 6.78. The molecule has 0 aromatic rings. The van der Waals surface area contributed by atoms with Crippen LogP contribution in [0.5, 0.6) is 0 Å². The molecule has 0 amide bonds. The molecule has 0 saturated carbocycles. The molecule has 0 saturated heterocycles. The van der Waals surface area contributed by atoms with Crippen molar-refractivity contribution in [3.8, 4) is 0 Å². The van der Waals surface area contributed by atoms with E-state index in [0.29, 0.717) is 6.90 Å². The van der Waals surface area contributed by atoms with E-state index < -0.39 is 0 Å². The van der Waals surface area contributed by atoms with Gasteiger partial charge < -0.3 is 5.11 Å². The van der Waals surface area contributed by atoms with Crippen molar-refractivity contribution in [3.63, 3.8) is 0 Å². The van der Waals surface area contributed by atoms with Gasteiger partial charge in [0.25, 0.3) is 0 Å². The fraction of sp³-hybridized carbons (Fsp3) is 0.600. The first-order chi connectivity index (χ1) is 8.10. The molecular weight excluding hydrogens is 196 g/mol. The molecule has 0 aromatic heterocycles. The highest BCUT2D eigenvalue weighted by Crippen LogP contribution is 2.10. The summed E-state index contributed by atoms with van der Waals surface area (Å²) in [5, 5.41) is 8.72. The maximum absolute atomic E-state index is 8.72. The van der Waals surface area contributed by atoms with E-state index in [0.717, 1.165) is 31.3 Å². The summed E-state index contributed by atoms with van der Waals surface area (Å²) >= 11 is 0. The second kappa shape index (κ2) is 9.41. The van der Waals surface area contributed by atoms with Crippen molar-refractivity contribution in [1.82, 2.24) is 0 Å². The third kappa shape index (κ3) is 9.72. The van der Waals surface area contributed by atoms with Gasteiger partial charge in [-0.25, -0.2) is 0 Å². The standard InChI is InChI=1S/C15H26O/c1-13(2)7-5-8-14(3)9-6-10-15(4)11-12-16/h7,9,11,16H,5-6,8,10,12H2,1-4H3/b14-9+,15-11+/i1T/b13-7?,14-9+,15-11+. The molecule has 0 fully saturated rings. The number of allylic oxidation sites excluding steroid dienone is 5. The fourth-order valence-electron chi connectivity index (χ4n) is 1.45. The van der Waals surface area contributed by atoms with Crippen molar-refractivity contribution in [1.29, 1.82) is 0 Å². The summed E-state index contributed by atoms with van der Waals surface area (Å²) in [4.78, 5) is 0. The molecule has 0 atom stereocenters. The van der Waals surface area contributed by atoms with Crippen molar-refractivity contribution in [2.45, 2.75) is 53.4 Å². The minimum absolute atomic E-state index is 0.145. The van der Waals surface area contributed by atoms with Gasteiger partial charge >= 0.3 is 0 Å². The van der Waals surface area contributed by atoms with Crippen LogP contribution in [-0.2, 0) is 0 Å². The van der Waals surface area contributed by atoms with E-state index in [4.69, 9.17) is 6.48 Å². The second-order valence-corrected chi connectivity index (χ2v) is 4.41. The lowest BCUT2D eigenvalue weighted by molar-refractivity contribution is 0.341. The Labute approximate surface area is 102 Å². The van der Waals surface area contributed by atoms with Crippen LogP contribution >= 0.6 is 0 Å². The molecule has 0 aliphatic heterocycles. The van der Waals surface area contributed by atoms with E-state index in [2.05, 4.69) is 26.0 Å². The summed E-state index contributed by atoms with van der Waals surface area (Å²) in [6.07, 6.45) is 10.5. The lowest BCUT2D eigenvalue weighted by atomic mass is 10.1. The third-order valence-electron chi connectivity index (χ3n) is 2.50. The quantitative estimate of drug-likeness (QED) is 0.636. The van der Waals surface area contributed by atoms with Gasteiger partial charge in [0, 0.05) is 1.37 Å². The summed E-state index contributed by atoms with van der Waals surface area (Å²) in [5.41, 5.74) is 3.82. The molecule has 0 aliphatic carbocycles. The van der Waals surface area contributed by atoms with Crippen molar-refractivity contribution in [3.05, 3.63) is 34.9 Å². The highest BCUT2D eigenvalue weighted by Gasteiger charge is 1.91. The highest BCUT2D eigenvalue weighted by atomic mass is 16.2. The molecule has 1 heteroatoms. The number of hydrogen-bond donors (Lipinski definition) is 1. The first-order valence-corrected chi connectivity index (χ1v) is 5.97. The SMILES string of the molecule is [3H]CC(C)=CCC/C(C)=C/CC/C(C)=C/CO. The Morgan fingerprint density at radius 2 is 1.56 bits per heavy atom. The zero-order valence-corrected chi connectivity index (χ0v) is 10.9. The number of rotatable bonds is 7. The van der Waals surface area contributed by atoms with Crippen LogP contribution < -0.4 is 0 Å². The van der Waals surface area contributed by atoms with Crippen LogP contribution in [0.1, 0.15) is 54.7 Å². The smallest absolute Gasteiger partial charge is 0.0614 e. The van der Waals surface area contributed by atoms with E-state index in [1.807, 2.05) is 13.0 Å². The van der Waals surface area contributed by atoms with Crippen LogP contribution in [-0.4, -0.2) is 11.7 Å². The lowest BCUT2D eigenvalue weighted by Gasteiger charge is -2.00. The van der Waals surface area contributed by atoms with Crippen molar-refractivity contribution in [2.75, 3.05) is 6.61 Å². The average Bonchev–Trinajstić information content (AvgIpc) is 2.29. The molecule has 0 radical (unpaired) electrons. The highest BCUT2D eigenvalue weighted by molar-refractivity contribution is 5.05. The Kier molecular flexibility index (Phi) is 7.79. The number of hydrogen-bond acceptors (Lipinski definition) is 1. The normalized spacial score (nSPS) is 15.2. The second-order valence-electron chi connectivity index (χ2n) is 4.41. The molecule has 0 heterocycles. The van der Waals surface area contributed by atoms with Gasteiger partial charge in [-0.2, -0.15) is 0 Å². The Bertz CT molecular complexity index is 287. The first-order valence-electron chi connectivity index (χ1n) is 6.67. The zero-order valence-electron chi connectivity index (χ0n) is 11.9. The van der Waals surface area contributed by atoms with Gasteiger partial charge in [0.1, 0.15) is 0 Å². The summed E-state index contributed by atoms with van der Waals surface area (Å²) in [5.74, 6) is 0. The van der Waals surface area contributed by atoms with Gasteiger partial charge in [-0.15, -0.1) is 0 Å². The van der Waals surface area contributed by atoms with Gasteiger partial charge in [-0.1, -0.05) is 34.9 Å². The number of aliphatic hydroxyl groups excluding tert-OH is 1. The van der Waals surface area contributed by atoms with Crippen molar-refractivity contribution >= 4 is 0 Å². The Balaban J connectivity index is 3.83. The Morgan fingerprint density at radius 3 is 2.12 bits per heavy atom. The van der Waals surface area contributed by atoms with E-state index in [1.165, 1.54) is 11.1 Å². The van der Waals surface area contributed by atoms with Gasteiger partial charge in [0.15, 0.2) is 0 Å². The van der Waals surface area contributed by atoms with Crippen LogP contribution in [0, 0.1) is 0 Å². The summed E-state index contributed by atoms with van der Waals surface area (Å²) in [7, 11) is 0. The van der Waals surface area contributed by atoms with E-state index in [-0.39, 0.29) is 6.61 Å². The Hall–Kier alpha value is -0.820. The maximum atomic E-state index is 8.72. The average molecular weight is 224 g/mol. The third-order valence-corrected chi connectivity index (χ3v) is 2.50. The molecule has 1 N–H and O–H groups in total. The van der Waals surface area contributed by atoms with E-state index in [1.54, 1.807) is 0 Å². The molecule has 0 aromatic carbocycles. The predicted molar refractivity (Wildman–Crippen MR) is 72.5 cm³/mol. The van der Waals surface area contributed by atoms with Crippen LogP contribution in [0.25, 0.3) is 0 Å². The molecule has 0 spiro atoms. The van der Waals surface area contributed by atoms with Crippen LogP contribution in [0.2, 0.25) is 0 Å². The predicted octanol–water partition coefficient (Wildman–Crippen LogP) is 4.40. The Morgan fingerprint density at radius 1 is 1.00 bits per heavy atom. The zero-order chi connectivity index (χ0) is 13.1. The van der Waals surface area contributed by atoms with Crippen LogP contribution in [0.15, 0.2) is 34.9 Å². The topological polar surface area (TPSA) is 20.2 Å². The van der Waals surface area contributed by atoms with Crippen LogP contribution in [0.4, 0.5) is 0 Å². The summed E-state index contributed by atoms with van der Waals surface area (Å²) < 4.78 is 7.18. The largest absolute Gasteiger partial charge is 0.392 e. The van der Waals surface area contributed by atoms with Crippen molar-refractivity contribution < 1.29 is 6.48 Å². The van der Waals surface area contributed by atoms with E-state index in [9.17, 15) is 0 Å². The van der Waals surface area contributed by atoms with Gasteiger partial charge in [0.2, 0.25) is 0 Å². The molecule has 0 unspecified atom stereocenters. The molecule has 0 rings (SSSR count). The number of aliphatic hydroxyl groups is 1. The van der Waals surface area contributed by atoms with Crippen LogP contribution in [0.3, 0.4) is 0 Å². The minimum Gasteiger partial charge on any atom is -0.392 e. The minimum atomic E-state index is 0.145. The van der Waals surface area contributed by atoms with Gasteiger partial charge in [-0.3, -0.25) is 0 Å². The van der Waals surface area contributed by atoms with Crippen molar-refractivity contribution in [2.24, 2.45) is 0 Å². The first kappa shape index (κ1) is 13.2. The lowest BCUT2D eigenvalue weighted by Crippen LogP contribution is -1.82. The molecule has 0 bridgehead atoms. The molecule has 1 nitrogen and oxygen atoms in total. The van der Waals surface area contributed by atoms with E-state index >= 15 is 0 Å². The van der Waals surface area contributed by atoms with Gasteiger partial charge in [0.05, 0.1) is 6.61 Å². The monoisotopic (exact) mass is 224 g/mol. The molecule has 16 heavy (non-hydrogen) atoms.